The molecule has 2 aromatic rings. The molecule has 3 atom stereocenters. The maximum Gasteiger partial charge on any atom is 0.282 e. The van der Waals surface area contributed by atoms with Crippen LogP contribution < -0.4 is 10.2 Å². The van der Waals surface area contributed by atoms with Gasteiger partial charge in [-0.15, -0.1) is 0 Å². The van der Waals surface area contributed by atoms with Gasteiger partial charge in [0.15, 0.2) is 6.04 Å². The topological polar surface area (TPSA) is 33.5 Å². The van der Waals surface area contributed by atoms with Gasteiger partial charge in [0.2, 0.25) is 0 Å². The highest BCUT2D eigenvalue weighted by Gasteiger charge is 2.31. The zero-order chi connectivity index (χ0) is 16.9. The molecular formula is C21H27N2O+. The lowest BCUT2D eigenvalue weighted by molar-refractivity contribution is -0.941. The predicted octanol–water partition coefficient (Wildman–Crippen LogP) is 3.14. The van der Waals surface area contributed by atoms with Crippen molar-refractivity contribution in [2.24, 2.45) is 0 Å². The van der Waals surface area contributed by atoms with Crippen LogP contribution in [-0.4, -0.2) is 24.5 Å². The van der Waals surface area contributed by atoms with Gasteiger partial charge in [-0.3, -0.25) is 4.79 Å². The Balaban J connectivity index is 1.77. The minimum Gasteiger partial charge on any atom is -0.323 e. The molecule has 2 aromatic carbocycles. The third-order valence-corrected chi connectivity index (χ3v) is 5.20. The van der Waals surface area contributed by atoms with Gasteiger partial charge in [0.1, 0.15) is 0 Å². The number of hydrogen-bond donors (Lipinski definition) is 2. The summed E-state index contributed by atoms with van der Waals surface area (Å²) in [4.78, 5) is 14.2. The first-order valence-corrected chi connectivity index (χ1v) is 8.97. The van der Waals surface area contributed by atoms with Gasteiger partial charge in [-0.1, -0.05) is 48.5 Å². The fourth-order valence-electron chi connectivity index (χ4n) is 3.73. The summed E-state index contributed by atoms with van der Waals surface area (Å²) in [6.07, 6.45) is 3.72. The van der Waals surface area contributed by atoms with Gasteiger partial charge in [-0.05, 0) is 44.7 Å². The predicted molar refractivity (Wildman–Crippen MR) is 99.1 cm³/mol. The van der Waals surface area contributed by atoms with Crippen molar-refractivity contribution in [3.63, 3.8) is 0 Å². The fourth-order valence-corrected chi connectivity index (χ4v) is 3.73. The SMILES string of the molecule is C[C@@H]1CCCC[NH+]1[C@H](C)C(=O)Nc1ccccc1-c1ccccc1. The van der Waals surface area contributed by atoms with Gasteiger partial charge >= 0.3 is 0 Å². The molecule has 1 aliphatic heterocycles. The van der Waals surface area contributed by atoms with Crippen LogP contribution in [0.4, 0.5) is 5.69 Å². The molecule has 0 radical (unpaired) electrons. The summed E-state index contributed by atoms with van der Waals surface area (Å²) in [6.45, 7) is 5.41. The lowest BCUT2D eigenvalue weighted by atomic mass is 10.0. The average molecular weight is 323 g/mol. The molecule has 2 N–H and O–H groups in total. The number of hydrogen-bond acceptors (Lipinski definition) is 1. The van der Waals surface area contributed by atoms with Crippen LogP contribution in [0.15, 0.2) is 54.6 Å². The first-order valence-electron chi connectivity index (χ1n) is 8.97. The van der Waals surface area contributed by atoms with E-state index in [1.54, 1.807) is 0 Å². The van der Waals surface area contributed by atoms with Crippen LogP contribution in [-0.2, 0) is 4.79 Å². The van der Waals surface area contributed by atoms with Crippen molar-refractivity contribution >= 4 is 11.6 Å². The lowest BCUT2D eigenvalue weighted by Crippen LogP contribution is -3.20. The molecule has 3 rings (SSSR count). The van der Waals surface area contributed by atoms with Gasteiger partial charge in [-0.25, -0.2) is 0 Å². The highest BCUT2D eigenvalue weighted by atomic mass is 16.2. The van der Waals surface area contributed by atoms with E-state index >= 15 is 0 Å². The van der Waals surface area contributed by atoms with E-state index in [4.69, 9.17) is 0 Å². The molecule has 0 spiro atoms. The molecule has 3 heteroatoms. The molecule has 0 aliphatic carbocycles. The number of carbonyl (C=O) groups excluding carboxylic acids is 1. The van der Waals surface area contributed by atoms with Crippen LogP contribution >= 0.6 is 0 Å². The maximum atomic E-state index is 12.8. The van der Waals surface area contributed by atoms with Crippen LogP contribution in [0, 0.1) is 0 Å². The number of likely N-dealkylation sites (tertiary alicyclic amines) is 1. The molecule has 1 fully saturated rings. The van der Waals surface area contributed by atoms with Gasteiger partial charge in [0.05, 0.1) is 12.6 Å². The number of para-hydroxylation sites is 1. The molecule has 126 valence electrons. The Morgan fingerprint density at radius 2 is 1.79 bits per heavy atom. The summed E-state index contributed by atoms with van der Waals surface area (Å²) in [5.74, 6) is 0.113. The van der Waals surface area contributed by atoms with E-state index in [0.29, 0.717) is 6.04 Å². The van der Waals surface area contributed by atoms with Crippen LogP contribution in [0.5, 0.6) is 0 Å². The summed E-state index contributed by atoms with van der Waals surface area (Å²) in [6, 6.07) is 18.8. The molecule has 3 nitrogen and oxygen atoms in total. The van der Waals surface area contributed by atoms with Crippen LogP contribution in [0.3, 0.4) is 0 Å². The van der Waals surface area contributed by atoms with Crippen LogP contribution in [0.25, 0.3) is 11.1 Å². The second-order valence-corrected chi connectivity index (χ2v) is 6.84. The van der Waals surface area contributed by atoms with Crippen molar-refractivity contribution in [1.29, 1.82) is 0 Å². The Kier molecular flexibility index (Phi) is 5.31. The quantitative estimate of drug-likeness (QED) is 0.890. The zero-order valence-electron chi connectivity index (χ0n) is 14.6. The molecule has 1 amide bonds. The molecule has 0 aromatic heterocycles. The van der Waals surface area contributed by atoms with E-state index in [1.807, 2.05) is 36.4 Å². The van der Waals surface area contributed by atoms with Crippen molar-refractivity contribution in [2.45, 2.75) is 45.2 Å². The van der Waals surface area contributed by atoms with Gasteiger partial charge in [0.25, 0.3) is 5.91 Å². The Morgan fingerprint density at radius 3 is 2.54 bits per heavy atom. The highest BCUT2D eigenvalue weighted by Crippen LogP contribution is 2.27. The first kappa shape index (κ1) is 16.7. The van der Waals surface area contributed by atoms with E-state index in [2.05, 4.69) is 37.4 Å². The second-order valence-electron chi connectivity index (χ2n) is 6.84. The van der Waals surface area contributed by atoms with Crippen LogP contribution in [0.1, 0.15) is 33.1 Å². The number of anilines is 1. The van der Waals surface area contributed by atoms with E-state index in [-0.39, 0.29) is 11.9 Å². The Bertz CT molecular complexity index is 683. The molecular weight excluding hydrogens is 296 g/mol. The van der Waals surface area contributed by atoms with Crippen molar-refractivity contribution in [2.75, 3.05) is 11.9 Å². The Labute approximate surface area is 144 Å². The summed E-state index contributed by atoms with van der Waals surface area (Å²) in [5, 5.41) is 3.17. The van der Waals surface area contributed by atoms with Gasteiger partial charge < -0.3 is 10.2 Å². The molecule has 0 bridgehead atoms. The van der Waals surface area contributed by atoms with E-state index in [1.165, 1.54) is 24.2 Å². The van der Waals surface area contributed by atoms with Crippen molar-refractivity contribution in [1.82, 2.24) is 0 Å². The number of nitrogens with one attached hydrogen (secondary N) is 2. The second kappa shape index (κ2) is 7.63. The number of carbonyl (C=O) groups is 1. The summed E-state index contributed by atoms with van der Waals surface area (Å²) in [5.41, 5.74) is 3.09. The fraction of sp³-hybridized carbons (Fsp3) is 0.381. The summed E-state index contributed by atoms with van der Waals surface area (Å²) >= 11 is 0. The minimum atomic E-state index is -0.0240. The van der Waals surface area contributed by atoms with Gasteiger partial charge in [0, 0.05) is 11.3 Å². The van der Waals surface area contributed by atoms with Crippen molar-refractivity contribution in [3.05, 3.63) is 54.6 Å². The summed E-state index contributed by atoms with van der Waals surface area (Å²) in [7, 11) is 0. The van der Waals surface area contributed by atoms with E-state index < -0.39 is 0 Å². The van der Waals surface area contributed by atoms with Crippen molar-refractivity contribution in [3.8, 4) is 11.1 Å². The normalized spacial score (nSPS) is 21.9. The Morgan fingerprint density at radius 1 is 1.08 bits per heavy atom. The zero-order valence-corrected chi connectivity index (χ0v) is 14.6. The number of rotatable bonds is 4. The molecule has 1 heterocycles. The highest BCUT2D eigenvalue weighted by molar-refractivity contribution is 5.97. The van der Waals surface area contributed by atoms with Gasteiger partial charge in [-0.2, -0.15) is 0 Å². The molecule has 0 saturated carbocycles. The standard InChI is InChI=1S/C21H26N2O/c1-16-10-8-9-15-23(16)17(2)21(24)22-20-14-7-6-13-19(20)18-11-4-3-5-12-18/h3-7,11-14,16-17H,8-10,15H2,1-2H3,(H,22,24)/p+1/t16-,17-/m1/s1. The Hall–Kier alpha value is -2.13. The van der Waals surface area contributed by atoms with E-state index in [9.17, 15) is 4.79 Å². The third-order valence-electron chi connectivity index (χ3n) is 5.20. The third kappa shape index (κ3) is 3.68. The lowest BCUT2D eigenvalue weighted by Gasteiger charge is -2.34. The number of quaternary nitrogens is 1. The number of piperidine rings is 1. The van der Waals surface area contributed by atoms with Crippen molar-refractivity contribution < 1.29 is 9.69 Å². The monoisotopic (exact) mass is 323 g/mol. The smallest absolute Gasteiger partial charge is 0.282 e. The average Bonchev–Trinajstić information content (AvgIpc) is 2.63. The molecule has 1 unspecified atom stereocenters. The van der Waals surface area contributed by atoms with E-state index in [0.717, 1.165) is 23.4 Å². The minimum absolute atomic E-state index is 0.0240. The molecule has 24 heavy (non-hydrogen) atoms. The molecule has 1 saturated heterocycles. The first-order chi connectivity index (χ1) is 11.7. The largest absolute Gasteiger partial charge is 0.323 e. The molecule has 1 aliphatic rings. The van der Waals surface area contributed by atoms with Crippen LogP contribution in [0.2, 0.25) is 0 Å². The summed E-state index contributed by atoms with van der Waals surface area (Å²) < 4.78 is 0. The number of amides is 1. The number of benzene rings is 2. The maximum absolute atomic E-state index is 12.8.